The molecule has 0 aromatic carbocycles. The van der Waals surface area contributed by atoms with E-state index in [0.29, 0.717) is 44.7 Å². The van der Waals surface area contributed by atoms with Gasteiger partial charge in [-0.25, -0.2) is 14.8 Å². The Morgan fingerprint density at radius 3 is 2.61 bits per heavy atom. The van der Waals surface area contributed by atoms with E-state index in [4.69, 9.17) is 16.3 Å². The molecule has 5 rings (SSSR count). The molecule has 31 heavy (non-hydrogen) atoms. The van der Waals surface area contributed by atoms with E-state index in [1.54, 1.807) is 12.4 Å². The second-order valence-corrected chi connectivity index (χ2v) is 9.69. The first kappa shape index (κ1) is 20.6. The smallest absolute Gasteiger partial charge is 0.331 e. The van der Waals surface area contributed by atoms with Crippen LogP contribution in [0.4, 0.5) is 0 Å². The molecule has 4 aromatic heterocycles. The average Bonchev–Trinajstić information content (AvgIpc) is 3.46. The van der Waals surface area contributed by atoms with Crippen molar-refractivity contribution >= 4 is 45.2 Å². The van der Waals surface area contributed by atoms with Gasteiger partial charge in [0, 0.05) is 24.9 Å². The zero-order valence-corrected chi connectivity index (χ0v) is 19.2. The van der Waals surface area contributed by atoms with Crippen LogP contribution in [0.3, 0.4) is 0 Å². The van der Waals surface area contributed by atoms with Crippen molar-refractivity contribution in [3.8, 4) is 11.4 Å². The fourth-order valence-corrected chi connectivity index (χ4v) is 5.69. The number of aliphatic hydroxyl groups is 1. The summed E-state index contributed by atoms with van der Waals surface area (Å²) >= 11 is 8.87. The van der Waals surface area contributed by atoms with E-state index in [9.17, 15) is 14.7 Å². The Kier molecular flexibility index (Phi) is 4.90. The number of nitrogens with zero attached hydrogens (tertiary/aromatic N) is 5. The number of aryl methyl sites for hydroxylation is 2. The summed E-state index contributed by atoms with van der Waals surface area (Å²) in [6.45, 7) is 1.99. The molecule has 9 nitrogen and oxygen atoms in total. The van der Waals surface area contributed by atoms with Gasteiger partial charge >= 0.3 is 5.69 Å². The lowest BCUT2D eigenvalue weighted by molar-refractivity contribution is -0.0517. The Labute approximate surface area is 188 Å². The lowest BCUT2D eigenvalue weighted by Gasteiger charge is -2.31. The van der Waals surface area contributed by atoms with Crippen LogP contribution in [0.15, 0.2) is 20.3 Å². The van der Waals surface area contributed by atoms with Crippen molar-refractivity contribution in [2.24, 2.45) is 14.1 Å². The second-order valence-electron chi connectivity index (χ2n) is 7.35. The molecule has 1 aliphatic heterocycles. The molecular formula is C19H18ClN5O4S2. The van der Waals surface area contributed by atoms with E-state index >= 15 is 0 Å². The van der Waals surface area contributed by atoms with Gasteiger partial charge in [-0.3, -0.25) is 13.9 Å². The Morgan fingerprint density at radius 2 is 2.00 bits per heavy atom. The van der Waals surface area contributed by atoms with E-state index < -0.39 is 23.5 Å². The van der Waals surface area contributed by atoms with Crippen LogP contribution in [0.2, 0.25) is 5.15 Å². The Morgan fingerprint density at radius 1 is 1.23 bits per heavy atom. The topological polar surface area (TPSA) is 104 Å². The number of hydrogen-bond donors (Lipinski definition) is 1. The highest BCUT2D eigenvalue weighted by molar-refractivity contribution is 7.10. The molecule has 1 N–H and O–H groups in total. The van der Waals surface area contributed by atoms with Gasteiger partial charge in [-0.15, -0.1) is 22.7 Å². The first-order valence-electron chi connectivity index (χ1n) is 9.43. The van der Waals surface area contributed by atoms with Gasteiger partial charge in [0.05, 0.1) is 52.2 Å². The molecule has 0 saturated heterocycles. The summed E-state index contributed by atoms with van der Waals surface area (Å²) in [5.41, 5.74) is 1.51. The molecule has 2 atom stereocenters. The second kappa shape index (κ2) is 7.38. The minimum atomic E-state index is -0.697. The zero-order valence-electron chi connectivity index (χ0n) is 16.8. The minimum Gasteiger partial charge on any atom is -0.394 e. The quantitative estimate of drug-likeness (QED) is 0.482. The number of thiazole rings is 2. The van der Waals surface area contributed by atoms with E-state index in [0.717, 1.165) is 9.57 Å². The van der Waals surface area contributed by atoms with Gasteiger partial charge in [0.1, 0.15) is 10.2 Å². The Bertz CT molecular complexity index is 1450. The monoisotopic (exact) mass is 479 g/mol. The van der Waals surface area contributed by atoms with Crippen molar-refractivity contribution in [1.29, 1.82) is 0 Å². The van der Waals surface area contributed by atoms with Gasteiger partial charge < -0.3 is 14.4 Å². The molecule has 0 bridgehead atoms. The number of aromatic nitrogens is 5. The lowest BCUT2D eigenvalue weighted by Crippen LogP contribution is -2.37. The average molecular weight is 480 g/mol. The van der Waals surface area contributed by atoms with E-state index in [-0.39, 0.29) is 6.61 Å². The van der Waals surface area contributed by atoms with Crippen LogP contribution < -0.4 is 11.2 Å². The van der Waals surface area contributed by atoms with Crippen molar-refractivity contribution in [3.63, 3.8) is 0 Å². The summed E-state index contributed by atoms with van der Waals surface area (Å²) in [6, 6.07) is 0. The number of halogens is 1. The molecule has 0 radical (unpaired) electrons. The van der Waals surface area contributed by atoms with Crippen LogP contribution in [-0.4, -0.2) is 41.5 Å². The third-order valence-electron chi connectivity index (χ3n) is 5.45. The normalized spacial score (nSPS) is 18.6. The van der Waals surface area contributed by atoms with Crippen LogP contribution in [-0.2, 0) is 25.4 Å². The van der Waals surface area contributed by atoms with Crippen LogP contribution in [0, 0.1) is 6.92 Å². The van der Waals surface area contributed by atoms with Crippen molar-refractivity contribution in [2.45, 2.75) is 25.7 Å². The summed E-state index contributed by atoms with van der Waals surface area (Å²) in [4.78, 5) is 35.1. The summed E-state index contributed by atoms with van der Waals surface area (Å²) in [5.74, 6) is 0. The molecule has 4 aromatic rings. The molecule has 2 unspecified atom stereocenters. The van der Waals surface area contributed by atoms with Gasteiger partial charge in [-0.1, -0.05) is 11.6 Å². The van der Waals surface area contributed by atoms with Crippen LogP contribution in [0.25, 0.3) is 22.3 Å². The highest BCUT2D eigenvalue weighted by Crippen LogP contribution is 2.42. The molecule has 162 valence electrons. The molecule has 0 aliphatic carbocycles. The van der Waals surface area contributed by atoms with Gasteiger partial charge in [-0.2, -0.15) is 0 Å². The molecule has 12 heteroatoms. The first-order valence-corrected chi connectivity index (χ1v) is 11.6. The maximum absolute atomic E-state index is 13.3. The number of fused-ring (bicyclic) bond motifs is 3. The molecule has 5 heterocycles. The Hall–Kier alpha value is -2.31. The van der Waals surface area contributed by atoms with E-state index in [1.165, 1.54) is 34.3 Å². The van der Waals surface area contributed by atoms with Crippen LogP contribution in [0.5, 0.6) is 0 Å². The summed E-state index contributed by atoms with van der Waals surface area (Å²) < 4.78 is 10.6. The van der Waals surface area contributed by atoms with Crippen molar-refractivity contribution in [3.05, 3.63) is 52.5 Å². The number of aliphatic hydroxyl groups excluding tert-OH is 1. The summed E-state index contributed by atoms with van der Waals surface area (Å²) in [7, 11) is 3.09. The van der Waals surface area contributed by atoms with Crippen LogP contribution >= 0.6 is 34.3 Å². The zero-order chi connectivity index (χ0) is 22.0. The Balaban J connectivity index is 1.96. The third-order valence-corrected chi connectivity index (χ3v) is 7.44. The molecular weight excluding hydrogens is 462 g/mol. The summed E-state index contributed by atoms with van der Waals surface area (Å²) in [6.07, 6.45) is -1.22. The number of ether oxygens (including phenoxy) is 1. The molecule has 1 aliphatic rings. The van der Waals surface area contributed by atoms with E-state index in [1.807, 2.05) is 16.9 Å². The lowest BCUT2D eigenvalue weighted by atomic mass is 10.1. The first-order chi connectivity index (χ1) is 14.8. The molecule has 0 amide bonds. The highest BCUT2D eigenvalue weighted by atomic mass is 35.5. The maximum atomic E-state index is 13.3. The number of hydrogen-bond acceptors (Lipinski definition) is 8. The van der Waals surface area contributed by atoms with Crippen molar-refractivity contribution in [2.75, 3.05) is 6.61 Å². The van der Waals surface area contributed by atoms with Gasteiger partial charge in [0.25, 0.3) is 5.56 Å². The molecule has 0 spiro atoms. The highest BCUT2D eigenvalue weighted by Gasteiger charge is 2.38. The van der Waals surface area contributed by atoms with Crippen molar-refractivity contribution in [1.82, 2.24) is 23.7 Å². The van der Waals surface area contributed by atoms with Crippen molar-refractivity contribution < 1.29 is 9.84 Å². The summed E-state index contributed by atoms with van der Waals surface area (Å²) in [5, 5.41) is 15.7. The fourth-order valence-electron chi connectivity index (χ4n) is 4.10. The van der Waals surface area contributed by atoms with Gasteiger partial charge in [0.15, 0.2) is 6.10 Å². The third kappa shape index (κ3) is 3.03. The SMILES string of the molecule is Cc1nc(-c2c3c(=O)n(C)c(=O)n(C)c3c3n2CC(CO)OC3c2nc(Cl)cs2)cs1. The van der Waals surface area contributed by atoms with Gasteiger partial charge in [-0.05, 0) is 6.92 Å². The largest absolute Gasteiger partial charge is 0.394 e. The van der Waals surface area contributed by atoms with Crippen LogP contribution in [0.1, 0.15) is 21.8 Å². The predicted molar refractivity (Wildman–Crippen MR) is 119 cm³/mol. The number of rotatable bonds is 3. The fraction of sp³-hybridized carbons (Fsp3) is 0.368. The molecule has 0 fully saturated rings. The molecule has 0 saturated carbocycles. The van der Waals surface area contributed by atoms with E-state index in [2.05, 4.69) is 9.97 Å². The van der Waals surface area contributed by atoms with Gasteiger partial charge in [0.2, 0.25) is 0 Å². The predicted octanol–water partition coefficient (Wildman–Crippen LogP) is 2.06. The maximum Gasteiger partial charge on any atom is 0.331 e. The standard InChI is InChI=1S/C19H18ClN5O4S2/c1-8-21-10(6-30-8)13-12-14(23(2)19(28)24(3)18(12)27)15-16(17-22-11(20)7-31-17)29-9(5-26)4-25(13)15/h6-7,9,16,26H,4-5H2,1-3H3. The minimum absolute atomic E-state index is 0.212.